The van der Waals surface area contributed by atoms with Crippen LogP contribution in [0.15, 0.2) is 59.8 Å². The number of imidazole rings is 1. The maximum Gasteiger partial charge on any atom is 0.298 e. The highest BCUT2D eigenvalue weighted by Gasteiger charge is 2.14. The summed E-state index contributed by atoms with van der Waals surface area (Å²) in [6.07, 6.45) is 4.69. The van der Waals surface area contributed by atoms with Crippen LogP contribution >= 0.6 is 11.6 Å². The smallest absolute Gasteiger partial charge is 0.298 e. The summed E-state index contributed by atoms with van der Waals surface area (Å²) in [7, 11) is 1.50. The van der Waals surface area contributed by atoms with E-state index in [4.69, 9.17) is 16.3 Å². The molecule has 0 N–H and O–H groups in total. The molecule has 0 unspecified atom stereocenters. The Hall–Kier alpha value is -3.19. The third-order valence-corrected chi connectivity index (χ3v) is 4.43. The van der Waals surface area contributed by atoms with Gasteiger partial charge in [-0.2, -0.15) is 0 Å². The summed E-state index contributed by atoms with van der Waals surface area (Å²) < 4.78 is 35.1. The fraction of sp³-hybridized carbons (Fsp3) is 0.0526. The molecule has 5 nitrogen and oxygen atoms in total. The van der Waals surface area contributed by atoms with Crippen LogP contribution in [0.2, 0.25) is 5.02 Å². The predicted octanol–water partition coefficient (Wildman–Crippen LogP) is 4.09. The van der Waals surface area contributed by atoms with Gasteiger partial charge in [0.15, 0.2) is 0 Å². The Morgan fingerprint density at radius 2 is 1.93 bits per heavy atom. The van der Waals surface area contributed by atoms with Crippen molar-refractivity contribution in [1.82, 2.24) is 14.0 Å². The van der Waals surface area contributed by atoms with Gasteiger partial charge in [-0.3, -0.25) is 9.36 Å². The van der Waals surface area contributed by atoms with E-state index >= 15 is 0 Å². The molecule has 0 aliphatic carbocycles. The molecule has 0 spiro atoms. The minimum Gasteiger partial charge on any atom is -0.495 e. The maximum atomic E-state index is 14.0. The van der Waals surface area contributed by atoms with Crippen LogP contribution in [0.5, 0.6) is 5.75 Å². The highest BCUT2D eigenvalue weighted by atomic mass is 35.5. The summed E-state index contributed by atoms with van der Waals surface area (Å²) in [5.74, 6) is -0.941. The van der Waals surface area contributed by atoms with Gasteiger partial charge in [0.2, 0.25) is 5.65 Å². The summed E-state index contributed by atoms with van der Waals surface area (Å²) in [6, 6.07) is 8.14. The zero-order valence-corrected chi connectivity index (χ0v) is 14.7. The molecule has 4 aromatic rings. The van der Waals surface area contributed by atoms with Gasteiger partial charge < -0.3 is 9.14 Å². The number of aromatic nitrogens is 3. The molecule has 0 aliphatic rings. The molecule has 0 saturated heterocycles. The van der Waals surface area contributed by atoms with Crippen molar-refractivity contribution in [2.24, 2.45) is 0 Å². The second kappa shape index (κ2) is 6.51. The predicted molar refractivity (Wildman–Crippen MR) is 97.7 cm³/mol. The van der Waals surface area contributed by atoms with Gasteiger partial charge in [-0.05, 0) is 30.3 Å². The van der Waals surface area contributed by atoms with Crippen molar-refractivity contribution in [2.45, 2.75) is 0 Å². The fourth-order valence-electron chi connectivity index (χ4n) is 2.81. The van der Waals surface area contributed by atoms with Crippen LogP contribution in [0.4, 0.5) is 8.78 Å². The SMILES string of the molecule is COc1ccc(-n2ccn3cc(-c4ccc(F)cc4F)nc3c2=O)cc1Cl. The Bertz CT molecular complexity index is 1230. The average molecular weight is 388 g/mol. The number of methoxy groups -OCH3 is 1. The zero-order chi connectivity index (χ0) is 19.1. The summed E-state index contributed by atoms with van der Waals surface area (Å²) >= 11 is 6.13. The quantitative estimate of drug-likeness (QED) is 0.532. The van der Waals surface area contributed by atoms with Crippen LogP contribution in [0, 0.1) is 11.6 Å². The second-order valence-electron chi connectivity index (χ2n) is 5.77. The van der Waals surface area contributed by atoms with Crippen molar-refractivity contribution in [1.29, 1.82) is 0 Å². The van der Waals surface area contributed by atoms with Gasteiger partial charge in [-0.15, -0.1) is 0 Å². The Balaban J connectivity index is 1.85. The standard InChI is InChI=1S/C19H12ClF2N3O2/c1-27-17-5-3-12(9-14(17)20)25-7-6-24-10-16(23-18(24)19(25)26)13-4-2-11(21)8-15(13)22/h2-10H,1H3. The molecule has 0 radical (unpaired) electrons. The first kappa shape index (κ1) is 17.2. The minimum absolute atomic E-state index is 0.100. The molecule has 0 saturated carbocycles. The molecule has 27 heavy (non-hydrogen) atoms. The second-order valence-corrected chi connectivity index (χ2v) is 6.18. The van der Waals surface area contributed by atoms with E-state index in [1.54, 1.807) is 30.6 Å². The Morgan fingerprint density at radius 3 is 2.63 bits per heavy atom. The first-order valence-electron chi connectivity index (χ1n) is 7.87. The first-order valence-corrected chi connectivity index (χ1v) is 8.25. The Morgan fingerprint density at radius 1 is 1.11 bits per heavy atom. The van der Waals surface area contributed by atoms with Crippen LogP contribution in [0.1, 0.15) is 0 Å². The van der Waals surface area contributed by atoms with E-state index in [9.17, 15) is 13.6 Å². The van der Waals surface area contributed by atoms with Crippen LogP contribution in [0.25, 0.3) is 22.6 Å². The number of hydrogen-bond acceptors (Lipinski definition) is 3. The van der Waals surface area contributed by atoms with E-state index in [0.717, 1.165) is 12.1 Å². The van der Waals surface area contributed by atoms with Crippen LogP contribution < -0.4 is 10.3 Å². The third kappa shape index (κ3) is 2.96. The van der Waals surface area contributed by atoms with Crippen LogP contribution in [-0.2, 0) is 0 Å². The number of rotatable bonds is 3. The first-order chi connectivity index (χ1) is 13.0. The van der Waals surface area contributed by atoms with E-state index in [1.807, 2.05) is 0 Å². The molecule has 2 aromatic carbocycles. The van der Waals surface area contributed by atoms with E-state index in [2.05, 4.69) is 4.98 Å². The van der Waals surface area contributed by atoms with Gasteiger partial charge in [0.05, 0.1) is 23.5 Å². The van der Waals surface area contributed by atoms with Crippen molar-refractivity contribution >= 4 is 17.2 Å². The number of halogens is 3. The molecule has 8 heteroatoms. The van der Waals surface area contributed by atoms with Crippen LogP contribution in [-0.4, -0.2) is 21.1 Å². The van der Waals surface area contributed by atoms with Crippen molar-refractivity contribution in [3.63, 3.8) is 0 Å². The molecule has 136 valence electrons. The molecule has 4 rings (SSSR count). The Labute approximate surface area is 157 Å². The normalized spacial score (nSPS) is 11.1. The molecule has 2 heterocycles. The van der Waals surface area contributed by atoms with E-state index in [-0.39, 0.29) is 16.9 Å². The monoisotopic (exact) mass is 387 g/mol. The molecule has 0 aliphatic heterocycles. The molecule has 0 amide bonds. The molecule has 0 fully saturated rings. The van der Waals surface area contributed by atoms with E-state index in [0.29, 0.717) is 16.5 Å². The lowest BCUT2D eigenvalue weighted by atomic mass is 10.1. The number of ether oxygens (including phenoxy) is 1. The summed E-state index contributed by atoms with van der Waals surface area (Å²) in [6.45, 7) is 0. The van der Waals surface area contributed by atoms with Gasteiger partial charge in [0, 0.05) is 30.2 Å². The van der Waals surface area contributed by atoms with Crippen LogP contribution in [0.3, 0.4) is 0 Å². The zero-order valence-electron chi connectivity index (χ0n) is 14.0. The van der Waals surface area contributed by atoms with Gasteiger partial charge in [-0.1, -0.05) is 11.6 Å². The van der Waals surface area contributed by atoms with E-state index in [1.165, 1.54) is 28.3 Å². The summed E-state index contributed by atoms with van der Waals surface area (Å²) in [5, 5.41) is 0.360. The lowest BCUT2D eigenvalue weighted by Crippen LogP contribution is -2.19. The molecular weight excluding hydrogens is 376 g/mol. The molecule has 0 atom stereocenters. The number of benzene rings is 2. The molecular formula is C19H12ClF2N3O2. The minimum atomic E-state index is -0.749. The largest absolute Gasteiger partial charge is 0.495 e. The number of hydrogen-bond donors (Lipinski definition) is 0. The average Bonchev–Trinajstić information content (AvgIpc) is 3.07. The van der Waals surface area contributed by atoms with Crippen molar-refractivity contribution in [2.75, 3.05) is 7.11 Å². The van der Waals surface area contributed by atoms with Crippen molar-refractivity contribution in [3.05, 3.63) is 82.0 Å². The summed E-state index contributed by atoms with van der Waals surface area (Å²) in [5.41, 5.74) is 0.565. The summed E-state index contributed by atoms with van der Waals surface area (Å²) in [4.78, 5) is 17.1. The molecule has 0 bridgehead atoms. The highest BCUT2D eigenvalue weighted by Crippen LogP contribution is 2.26. The van der Waals surface area contributed by atoms with Crippen molar-refractivity contribution in [3.8, 4) is 22.7 Å². The lowest BCUT2D eigenvalue weighted by molar-refractivity contribution is 0.415. The van der Waals surface area contributed by atoms with Gasteiger partial charge in [-0.25, -0.2) is 13.8 Å². The van der Waals surface area contributed by atoms with Gasteiger partial charge in [0.25, 0.3) is 5.56 Å². The lowest BCUT2D eigenvalue weighted by Gasteiger charge is -2.08. The Kier molecular flexibility index (Phi) is 4.16. The maximum absolute atomic E-state index is 14.0. The number of fused-ring (bicyclic) bond motifs is 1. The highest BCUT2D eigenvalue weighted by molar-refractivity contribution is 6.32. The van der Waals surface area contributed by atoms with Crippen molar-refractivity contribution < 1.29 is 13.5 Å². The third-order valence-electron chi connectivity index (χ3n) is 4.14. The fourth-order valence-corrected chi connectivity index (χ4v) is 3.07. The number of nitrogens with zero attached hydrogens (tertiary/aromatic N) is 3. The topological polar surface area (TPSA) is 48.5 Å². The molecule has 2 aromatic heterocycles. The van der Waals surface area contributed by atoms with E-state index < -0.39 is 17.2 Å². The van der Waals surface area contributed by atoms with Gasteiger partial charge >= 0.3 is 0 Å². The van der Waals surface area contributed by atoms with Gasteiger partial charge in [0.1, 0.15) is 17.4 Å².